The van der Waals surface area contributed by atoms with Gasteiger partial charge in [-0.05, 0) is 32.0 Å². The summed E-state index contributed by atoms with van der Waals surface area (Å²) in [7, 11) is 0. The van der Waals surface area contributed by atoms with Crippen LogP contribution in [0.4, 0.5) is 0 Å². The van der Waals surface area contributed by atoms with Crippen molar-refractivity contribution < 1.29 is 4.74 Å². The Balaban J connectivity index is 1.52. The standard InChI is InChI=1S/C21H25N5O/c1-16-3-5-18(6-4-16)26-15-19(17(2)24-26)20-7-9-22-21(23-20)8-10-25-11-13-27-14-12-25/h3-7,9,15H,8,10-14H2,1-2H3. The number of aromatic nitrogens is 4. The Morgan fingerprint density at radius 2 is 1.81 bits per heavy atom. The summed E-state index contributed by atoms with van der Waals surface area (Å²) in [5.41, 5.74) is 5.23. The number of aryl methyl sites for hydroxylation is 2. The van der Waals surface area contributed by atoms with Gasteiger partial charge in [-0.25, -0.2) is 14.6 Å². The molecule has 6 heteroatoms. The number of morpholine rings is 1. The van der Waals surface area contributed by atoms with Crippen molar-refractivity contribution in [3.8, 4) is 16.9 Å². The van der Waals surface area contributed by atoms with Gasteiger partial charge in [-0.15, -0.1) is 0 Å². The number of rotatable bonds is 5. The molecule has 3 aromatic rings. The van der Waals surface area contributed by atoms with Gasteiger partial charge in [0.05, 0.1) is 30.3 Å². The molecule has 0 spiro atoms. The minimum atomic E-state index is 0.818. The summed E-state index contributed by atoms with van der Waals surface area (Å²) in [6.45, 7) is 8.69. The number of ether oxygens (including phenoxy) is 1. The van der Waals surface area contributed by atoms with Crippen LogP contribution < -0.4 is 0 Å². The average molecular weight is 363 g/mol. The highest BCUT2D eigenvalue weighted by atomic mass is 16.5. The van der Waals surface area contributed by atoms with Crippen LogP contribution in [-0.4, -0.2) is 57.5 Å². The van der Waals surface area contributed by atoms with Gasteiger partial charge < -0.3 is 4.74 Å². The van der Waals surface area contributed by atoms with Gasteiger partial charge in [-0.1, -0.05) is 17.7 Å². The molecular weight excluding hydrogens is 338 g/mol. The Hall–Kier alpha value is -2.57. The summed E-state index contributed by atoms with van der Waals surface area (Å²) in [5.74, 6) is 0.876. The number of hydrogen-bond donors (Lipinski definition) is 0. The van der Waals surface area contributed by atoms with Crippen LogP contribution in [0.25, 0.3) is 16.9 Å². The second-order valence-corrected chi connectivity index (χ2v) is 6.97. The first kappa shape index (κ1) is 17.8. The minimum absolute atomic E-state index is 0.818. The molecule has 0 N–H and O–H groups in total. The molecule has 0 unspecified atom stereocenters. The molecule has 0 amide bonds. The van der Waals surface area contributed by atoms with E-state index in [9.17, 15) is 0 Å². The lowest BCUT2D eigenvalue weighted by Gasteiger charge is -2.26. The zero-order chi connectivity index (χ0) is 18.6. The van der Waals surface area contributed by atoms with Crippen LogP contribution in [0.5, 0.6) is 0 Å². The van der Waals surface area contributed by atoms with E-state index in [1.807, 2.05) is 30.1 Å². The van der Waals surface area contributed by atoms with E-state index < -0.39 is 0 Å². The van der Waals surface area contributed by atoms with Gasteiger partial charge in [0.2, 0.25) is 0 Å². The SMILES string of the molecule is Cc1ccc(-n2cc(-c3ccnc(CCN4CCOCC4)n3)c(C)n2)cc1. The Kier molecular flexibility index (Phi) is 5.27. The van der Waals surface area contributed by atoms with Crippen molar-refractivity contribution in [1.29, 1.82) is 0 Å². The quantitative estimate of drug-likeness (QED) is 0.698. The van der Waals surface area contributed by atoms with Crippen molar-refractivity contribution >= 4 is 0 Å². The van der Waals surface area contributed by atoms with Crippen molar-refractivity contribution in [2.24, 2.45) is 0 Å². The molecule has 1 aliphatic rings. The predicted octanol–water partition coefficient (Wildman–Crippen LogP) is 2.82. The van der Waals surface area contributed by atoms with E-state index in [4.69, 9.17) is 9.72 Å². The summed E-state index contributed by atoms with van der Waals surface area (Å²) in [5, 5.41) is 4.67. The topological polar surface area (TPSA) is 56.1 Å². The van der Waals surface area contributed by atoms with E-state index in [-0.39, 0.29) is 0 Å². The first-order valence-electron chi connectivity index (χ1n) is 9.45. The summed E-state index contributed by atoms with van der Waals surface area (Å²) >= 11 is 0. The van der Waals surface area contributed by atoms with Crippen LogP contribution in [0.2, 0.25) is 0 Å². The third kappa shape index (κ3) is 4.23. The molecule has 0 radical (unpaired) electrons. The molecule has 0 atom stereocenters. The van der Waals surface area contributed by atoms with Gasteiger partial charge >= 0.3 is 0 Å². The molecule has 1 aliphatic heterocycles. The van der Waals surface area contributed by atoms with Crippen molar-refractivity contribution in [3.63, 3.8) is 0 Å². The fourth-order valence-corrected chi connectivity index (χ4v) is 3.29. The monoisotopic (exact) mass is 363 g/mol. The Bertz CT molecular complexity index is 897. The van der Waals surface area contributed by atoms with Gasteiger partial charge in [0.15, 0.2) is 0 Å². The molecule has 2 aromatic heterocycles. The fraction of sp³-hybridized carbons (Fsp3) is 0.381. The van der Waals surface area contributed by atoms with E-state index in [0.717, 1.165) is 67.7 Å². The maximum atomic E-state index is 5.40. The van der Waals surface area contributed by atoms with Gasteiger partial charge in [-0.3, -0.25) is 4.90 Å². The molecule has 3 heterocycles. The molecule has 1 fully saturated rings. The molecule has 1 aromatic carbocycles. The molecule has 140 valence electrons. The van der Waals surface area contributed by atoms with Gasteiger partial charge in [-0.2, -0.15) is 5.10 Å². The predicted molar refractivity (Wildman–Crippen MR) is 105 cm³/mol. The Morgan fingerprint density at radius 3 is 2.59 bits per heavy atom. The molecule has 0 aliphatic carbocycles. The Labute approximate surface area is 159 Å². The normalized spacial score (nSPS) is 15.2. The molecule has 0 saturated carbocycles. The van der Waals surface area contributed by atoms with Crippen molar-refractivity contribution in [2.45, 2.75) is 20.3 Å². The lowest BCUT2D eigenvalue weighted by Crippen LogP contribution is -2.37. The lowest BCUT2D eigenvalue weighted by molar-refractivity contribution is 0.0382. The first-order chi connectivity index (χ1) is 13.2. The van der Waals surface area contributed by atoms with Crippen LogP contribution in [0.3, 0.4) is 0 Å². The zero-order valence-corrected chi connectivity index (χ0v) is 15.9. The summed E-state index contributed by atoms with van der Waals surface area (Å²) in [6, 6.07) is 10.3. The third-order valence-electron chi connectivity index (χ3n) is 4.93. The molecule has 1 saturated heterocycles. The van der Waals surface area contributed by atoms with Crippen molar-refractivity contribution in [1.82, 2.24) is 24.6 Å². The summed E-state index contributed by atoms with van der Waals surface area (Å²) in [4.78, 5) is 11.6. The van der Waals surface area contributed by atoms with Crippen molar-refractivity contribution in [2.75, 3.05) is 32.8 Å². The van der Waals surface area contributed by atoms with E-state index in [1.54, 1.807) is 0 Å². The van der Waals surface area contributed by atoms with Gasteiger partial charge in [0.1, 0.15) is 5.82 Å². The van der Waals surface area contributed by atoms with Crippen LogP contribution in [0.15, 0.2) is 42.7 Å². The van der Waals surface area contributed by atoms with Crippen LogP contribution in [0, 0.1) is 13.8 Å². The maximum absolute atomic E-state index is 5.40. The minimum Gasteiger partial charge on any atom is -0.379 e. The second kappa shape index (κ2) is 7.98. The van der Waals surface area contributed by atoms with Gasteiger partial charge in [0.25, 0.3) is 0 Å². The van der Waals surface area contributed by atoms with Crippen LogP contribution in [-0.2, 0) is 11.2 Å². The van der Waals surface area contributed by atoms with Crippen LogP contribution >= 0.6 is 0 Å². The number of benzene rings is 1. The molecule has 6 nitrogen and oxygen atoms in total. The summed E-state index contributed by atoms with van der Waals surface area (Å²) < 4.78 is 7.32. The Morgan fingerprint density at radius 1 is 1.04 bits per heavy atom. The van der Waals surface area contributed by atoms with E-state index in [1.165, 1.54) is 5.56 Å². The summed E-state index contributed by atoms with van der Waals surface area (Å²) in [6.07, 6.45) is 4.74. The highest BCUT2D eigenvalue weighted by molar-refractivity contribution is 5.61. The van der Waals surface area contributed by atoms with E-state index in [2.05, 4.69) is 46.2 Å². The molecule has 0 bridgehead atoms. The largest absolute Gasteiger partial charge is 0.379 e. The van der Waals surface area contributed by atoms with Crippen LogP contribution in [0.1, 0.15) is 17.1 Å². The molecular formula is C21H25N5O. The second-order valence-electron chi connectivity index (χ2n) is 6.97. The highest BCUT2D eigenvalue weighted by Crippen LogP contribution is 2.22. The number of nitrogens with zero attached hydrogens (tertiary/aromatic N) is 5. The lowest BCUT2D eigenvalue weighted by atomic mass is 10.2. The first-order valence-corrected chi connectivity index (χ1v) is 9.45. The molecule has 4 rings (SSSR count). The van der Waals surface area contributed by atoms with E-state index >= 15 is 0 Å². The molecule has 27 heavy (non-hydrogen) atoms. The van der Waals surface area contributed by atoms with E-state index in [0.29, 0.717) is 0 Å². The smallest absolute Gasteiger partial charge is 0.130 e. The zero-order valence-electron chi connectivity index (χ0n) is 15.9. The third-order valence-corrected chi connectivity index (χ3v) is 4.93. The fourth-order valence-electron chi connectivity index (χ4n) is 3.29. The highest BCUT2D eigenvalue weighted by Gasteiger charge is 2.13. The average Bonchev–Trinajstić information content (AvgIpc) is 3.10. The maximum Gasteiger partial charge on any atom is 0.130 e. The number of hydrogen-bond acceptors (Lipinski definition) is 5. The van der Waals surface area contributed by atoms with Gasteiger partial charge in [0, 0.05) is 44.0 Å². The van der Waals surface area contributed by atoms with Crippen molar-refractivity contribution in [3.05, 3.63) is 59.8 Å².